The van der Waals surface area contributed by atoms with Crippen molar-refractivity contribution in [3.05, 3.63) is 12.7 Å². The molecule has 0 unspecified atom stereocenters. The number of amides is 1. The van der Waals surface area contributed by atoms with Gasteiger partial charge in [-0.2, -0.15) is 0 Å². The van der Waals surface area contributed by atoms with Crippen LogP contribution in [-0.4, -0.2) is 30.1 Å². The second kappa shape index (κ2) is 8.13. The van der Waals surface area contributed by atoms with Crippen LogP contribution in [0.15, 0.2) is 12.7 Å². The van der Waals surface area contributed by atoms with E-state index >= 15 is 0 Å². The monoisotopic (exact) mass is 202 g/mol. The van der Waals surface area contributed by atoms with Crippen molar-refractivity contribution < 1.29 is 4.79 Å². The molecular weight excluding hydrogens is 184 g/mol. The molecule has 0 aromatic rings. The summed E-state index contributed by atoms with van der Waals surface area (Å²) in [6, 6.07) is 0. The smallest absolute Gasteiger partial charge is 0.234 e. The Hall–Kier alpha value is -0.480. The van der Waals surface area contributed by atoms with Gasteiger partial charge in [0.2, 0.25) is 5.91 Å². The van der Waals surface area contributed by atoms with Crippen LogP contribution in [0.3, 0.4) is 0 Å². The van der Waals surface area contributed by atoms with E-state index in [-0.39, 0.29) is 5.91 Å². The van der Waals surface area contributed by atoms with Gasteiger partial charge in [-0.25, -0.2) is 0 Å². The lowest BCUT2D eigenvalue weighted by Gasteiger charge is -2.06. The average molecular weight is 202 g/mol. The predicted molar refractivity (Wildman–Crippen MR) is 58.8 cm³/mol. The molecule has 3 nitrogen and oxygen atoms in total. The molecule has 0 fully saturated rings. The Balaban J connectivity index is 3.21. The van der Waals surface area contributed by atoms with Crippen LogP contribution in [-0.2, 0) is 4.79 Å². The normalized spacial score (nSPS) is 10.1. The molecule has 0 aliphatic rings. The Morgan fingerprint density at radius 3 is 2.85 bits per heavy atom. The Labute approximate surface area is 84.4 Å². The zero-order chi connectivity index (χ0) is 10.1. The highest BCUT2D eigenvalue weighted by atomic mass is 32.2. The highest BCUT2D eigenvalue weighted by molar-refractivity contribution is 7.99. The molecule has 0 aromatic heterocycles. The van der Waals surface area contributed by atoms with E-state index in [1.54, 1.807) is 17.8 Å². The molecule has 13 heavy (non-hydrogen) atoms. The summed E-state index contributed by atoms with van der Waals surface area (Å²) in [6.45, 7) is 8.69. The van der Waals surface area contributed by atoms with Gasteiger partial charge in [-0.05, 0) is 0 Å². The summed E-state index contributed by atoms with van der Waals surface area (Å²) in [5.74, 6) is 0.836. The number of hydrogen-bond donors (Lipinski definition) is 2. The SMILES string of the molecule is C=CCNC(=O)CNCSC(C)C. The Morgan fingerprint density at radius 2 is 2.31 bits per heavy atom. The second-order valence-corrected chi connectivity index (χ2v) is 4.44. The third kappa shape index (κ3) is 9.43. The van der Waals surface area contributed by atoms with E-state index in [2.05, 4.69) is 31.1 Å². The fraction of sp³-hybridized carbons (Fsp3) is 0.667. The molecule has 0 aliphatic carbocycles. The van der Waals surface area contributed by atoms with Gasteiger partial charge in [0.15, 0.2) is 0 Å². The van der Waals surface area contributed by atoms with Crippen LogP contribution >= 0.6 is 11.8 Å². The Morgan fingerprint density at radius 1 is 1.62 bits per heavy atom. The van der Waals surface area contributed by atoms with Crippen molar-refractivity contribution in [3.63, 3.8) is 0 Å². The van der Waals surface area contributed by atoms with E-state index in [1.807, 2.05) is 0 Å². The lowest BCUT2D eigenvalue weighted by molar-refractivity contribution is -0.119. The Bertz CT molecular complexity index is 160. The lowest BCUT2D eigenvalue weighted by atomic mass is 10.5. The lowest BCUT2D eigenvalue weighted by Crippen LogP contribution is -2.33. The highest BCUT2D eigenvalue weighted by Gasteiger charge is 1.98. The summed E-state index contributed by atoms with van der Waals surface area (Å²) in [5.41, 5.74) is 0. The first-order valence-electron chi connectivity index (χ1n) is 4.36. The number of nitrogens with one attached hydrogen (secondary N) is 2. The topological polar surface area (TPSA) is 41.1 Å². The van der Waals surface area contributed by atoms with Crippen LogP contribution in [0.4, 0.5) is 0 Å². The Kier molecular flexibility index (Phi) is 7.83. The van der Waals surface area contributed by atoms with Gasteiger partial charge in [0, 0.05) is 17.7 Å². The molecule has 0 spiro atoms. The molecule has 0 heterocycles. The van der Waals surface area contributed by atoms with Crippen LogP contribution < -0.4 is 10.6 Å². The largest absolute Gasteiger partial charge is 0.352 e. The van der Waals surface area contributed by atoms with Gasteiger partial charge < -0.3 is 5.32 Å². The van der Waals surface area contributed by atoms with Crippen LogP contribution in [0.25, 0.3) is 0 Å². The summed E-state index contributed by atoms with van der Waals surface area (Å²) in [4.78, 5) is 11.0. The van der Waals surface area contributed by atoms with Crippen LogP contribution in [0, 0.1) is 0 Å². The molecule has 0 atom stereocenters. The average Bonchev–Trinajstić information content (AvgIpc) is 2.08. The first-order chi connectivity index (χ1) is 6.16. The van der Waals surface area contributed by atoms with E-state index < -0.39 is 0 Å². The van der Waals surface area contributed by atoms with Gasteiger partial charge in [0.25, 0.3) is 0 Å². The molecule has 76 valence electrons. The molecule has 0 radical (unpaired) electrons. The van der Waals surface area contributed by atoms with Crippen molar-refractivity contribution in [2.45, 2.75) is 19.1 Å². The summed E-state index contributed by atoms with van der Waals surface area (Å²) in [7, 11) is 0. The quantitative estimate of drug-likeness (QED) is 0.367. The maximum absolute atomic E-state index is 11.0. The first-order valence-corrected chi connectivity index (χ1v) is 5.41. The molecule has 0 rings (SSSR count). The van der Waals surface area contributed by atoms with Gasteiger partial charge in [-0.15, -0.1) is 18.3 Å². The van der Waals surface area contributed by atoms with Gasteiger partial charge in [0.1, 0.15) is 0 Å². The molecule has 2 N–H and O–H groups in total. The van der Waals surface area contributed by atoms with E-state index in [0.717, 1.165) is 5.88 Å². The molecule has 0 aliphatic heterocycles. The summed E-state index contributed by atoms with van der Waals surface area (Å²) in [5, 5.41) is 6.33. The third-order valence-electron chi connectivity index (χ3n) is 1.25. The van der Waals surface area contributed by atoms with Gasteiger partial charge in [0.05, 0.1) is 6.54 Å². The summed E-state index contributed by atoms with van der Waals surface area (Å²) >= 11 is 1.79. The molecular formula is C9H18N2OS. The van der Waals surface area contributed by atoms with E-state index in [4.69, 9.17) is 0 Å². The minimum absolute atomic E-state index is 0.0178. The molecule has 0 saturated heterocycles. The summed E-state index contributed by atoms with van der Waals surface area (Å²) in [6.07, 6.45) is 1.67. The molecule has 4 heteroatoms. The minimum Gasteiger partial charge on any atom is -0.352 e. The molecule has 0 aromatic carbocycles. The zero-order valence-corrected chi connectivity index (χ0v) is 9.12. The van der Waals surface area contributed by atoms with Gasteiger partial charge in [-0.3, -0.25) is 10.1 Å². The fourth-order valence-corrected chi connectivity index (χ4v) is 1.19. The van der Waals surface area contributed by atoms with E-state index in [0.29, 0.717) is 18.3 Å². The van der Waals surface area contributed by atoms with Crippen LogP contribution in [0.5, 0.6) is 0 Å². The third-order valence-corrected chi connectivity index (χ3v) is 2.29. The van der Waals surface area contributed by atoms with Crippen molar-refractivity contribution in [1.29, 1.82) is 0 Å². The zero-order valence-electron chi connectivity index (χ0n) is 8.30. The number of hydrogen-bond acceptors (Lipinski definition) is 3. The number of rotatable bonds is 7. The van der Waals surface area contributed by atoms with Crippen LogP contribution in [0.2, 0.25) is 0 Å². The van der Waals surface area contributed by atoms with E-state index in [9.17, 15) is 4.79 Å². The maximum Gasteiger partial charge on any atom is 0.234 e. The second-order valence-electron chi connectivity index (χ2n) is 2.88. The minimum atomic E-state index is 0.0178. The van der Waals surface area contributed by atoms with Gasteiger partial charge in [-0.1, -0.05) is 19.9 Å². The maximum atomic E-state index is 11.0. The predicted octanol–water partition coefficient (Wildman–Crippen LogP) is 0.977. The highest BCUT2D eigenvalue weighted by Crippen LogP contribution is 2.05. The fourth-order valence-electron chi connectivity index (χ4n) is 0.639. The molecule has 1 amide bonds. The standard InChI is InChI=1S/C9H18N2OS/c1-4-5-11-9(12)6-10-7-13-8(2)3/h4,8,10H,1,5-7H2,2-3H3,(H,11,12). The van der Waals surface area contributed by atoms with Crippen molar-refractivity contribution in [2.75, 3.05) is 19.0 Å². The molecule has 0 saturated carbocycles. The van der Waals surface area contributed by atoms with Crippen LogP contribution in [0.1, 0.15) is 13.8 Å². The van der Waals surface area contributed by atoms with Crippen molar-refractivity contribution >= 4 is 17.7 Å². The van der Waals surface area contributed by atoms with Crippen molar-refractivity contribution in [2.24, 2.45) is 0 Å². The van der Waals surface area contributed by atoms with E-state index in [1.165, 1.54) is 0 Å². The number of thioether (sulfide) groups is 1. The first kappa shape index (κ1) is 12.5. The number of carbonyl (C=O) groups is 1. The summed E-state index contributed by atoms with van der Waals surface area (Å²) < 4.78 is 0. The molecule has 0 bridgehead atoms. The van der Waals surface area contributed by atoms with Crippen molar-refractivity contribution in [1.82, 2.24) is 10.6 Å². The van der Waals surface area contributed by atoms with Crippen molar-refractivity contribution in [3.8, 4) is 0 Å². The van der Waals surface area contributed by atoms with Gasteiger partial charge >= 0.3 is 0 Å². The number of carbonyl (C=O) groups excluding carboxylic acids is 1.